The molecule has 0 spiro atoms. The number of hydrogen-bond acceptors (Lipinski definition) is 4. The van der Waals surface area contributed by atoms with Gasteiger partial charge in [-0.3, -0.25) is 0 Å². The maximum atomic E-state index is 13.4. The maximum Gasteiger partial charge on any atom is 0.235 e. The van der Waals surface area contributed by atoms with Crippen LogP contribution in [0.15, 0.2) is 54.6 Å². The second-order valence-electron chi connectivity index (χ2n) is 4.50. The van der Waals surface area contributed by atoms with Gasteiger partial charge >= 0.3 is 0 Å². The van der Waals surface area contributed by atoms with Crippen LogP contribution in [0.4, 0.5) is 4.39 Å². The molecule has 0 saturated heterocycles. The summed E-state index contributed by atoms with van der Waals surface area (Å²) < 4.78 is 15.0. The van der Waals surface area contributed by atoms with Crippen LogP contribution in [0.1, 0.15) is 0 Å². The van der Waals surface area contributed by atoms with Gasteiger partial charge in [-0.15, -0.1) is 10.2 Å². The Morgan fingerprint density at radius 2 is 1.71 bits per heavy atom. The molecule has 0 N–H and O–H groups in total. The van der Waals surface area contributed by atoms with Crippen molar-refractivity contribution in [3.63, 3.8) is 0 Å². The van der Waals surface area contributed by atoms with Crippen molar-refractivity contribution in [2.75, 3.05) is 0 Å². The number of aromatic nitrogens is 4. The molecule has 2 aromatic heterocycles. The fourth-order valence-electron chi connectivity index (χ4n) is 2.12. The van der Waals surface area contributed by atoms with Crippen LogP contribution in [-0.2, 0) is 0 Å². The molecule has 21 heavy (non-hydrogen) atoms. The summed E-state index contributed by atoms with van der Waals surface area (Å²) in [5.74, 6) is 0.241. The van der Waals surface area contributed by atoms with Gasteiger partial charge in [0, 0.05) is 11.1 Å². The van der Waals surface area contributed by atoms with Gasteiger partial charge in [0.2, 0.25) is 4.96 Å². The van der Waals surface area contributed by atoms with E-state index in [9.17, 15) is 4.39 Å². The first-order valence-electron chi connectivity index (χ1n) is 6.35. The molecule has 0 atom stereocenters. The summed E-state index contributed by atoms with van der Waals surface area (Å²) in [7, 11) is 0. The van der Waals surface area contributed by atoms with Gasteiger partial charge in [-0.05, 0) is 12.1 Å². The number of fused-ring (bicyclic) bond motifs is 1. The van der Waals surface area contributed by atoms with Gasteiger partial charge in [-0.1, -0.05) is 53.8 Å². The molecule has 0 aliphatic rings. The van der Waals surface area contributed by atoms with Crippen molar-refractivity contribution in [1.82, 2.24) is 19.8 Å². The van der Waals surface area contributed by atoms with E-state index in [0.29, 0.717) is 16.3 Å². The molecule has 0 unspecified atom stereocenters. The van der Waals surface area contributed by atoms with Crippen molar-refractivity contribution in [2.24, 2.45) is 0 Å². The standard InChI is InChI=1S/C15H9FN4S/c16-12-8-4-7-11(9-12)13-17-18-15-20(13)19-14(21-15)10-5-2-1-3-6-10/h1-9H. The van der Waals surface area contributed by atoms with Gasteiger partial charge in [-0.25, -0.2) is 4.39 Å². The van der Waals surface area contributed by atoms with E-state index in [4.69, 9.17) is 0 Å². The molecule has 0 bridgehead atoms. The molecule has 0 amide bonds. The Labute approximate surface area is 123 Å². The number of hydrogen-bond donors (Lipinski definition) is 0. The van der Waals surface area contributed by atoms with Crippen LogP contribution in [0, 0.1) is 5.82 Å². The molecule has 2 heterocycles. The van der Waals surface area contributed by atoms with Crippen molar-refractivity contribution in [3.05, 3.63) is 60.4 Å². The van der Waals surface area contributed by atoms with Gasteiger partial charge < -0.3 is 0 Å². The van der Waals surface area contributed by atoms with Crippen LogP contribution in [0.5, 0.6) is 0 Å². The lowest BCUT2D eigenvalue weighted by molar-refractivity contribution is 0.628. The Morgan fingerprint density at radius 1 is 0.905 bits per heavy atom. The Hall–Kier alpha value is -2.60. The summed E-state index contributed by atoms with van der Waals surface area (Å²) in [5.41, 5.74) is 1.69. The predicted octanol–water partition coefficient (Wildman–Crippen LogP) is 3.66. The average Bonchev–Trinajstić information content (AvgIpc) is 3.08. The fraction of sp³-hybridized carbons (Fsp3) is 0. The van der Waals surface area contributed by atoms with Gasteiger partial charge in [0.25, 0.3) is 0 Å². The van der Waals surface area contributed by atoms with E-state index < -0.39 is 0 Å². The predicted molar refractivity (Wildman–Crippen MR) is 79.5 cm³/mol. The second-order valence-corrected chi connectivity index (χ2v) is 5.46. The van der Waals surface area contributed by atoms with Crippen molar-refractivity contribution < 1.29 is 4.39 Å². The summed E-state index contributed by atoms with van der Waals surface area (Å²) in [6.07, 6.45) is 0. The highest BCUT2D eigenvalue weighted by Gasteiger charge is 2.14. The van der Waals surface area contributed by atoms with E-state index in [-0.39, 0.29) is 5.82 Å². The smallest absolute Gasteiger partial charge is 0.207 e. The number of nitrogens with zero attached hydrogens (tertiary/aromatic N) is 4. The van der Waals surface area contributed by atoms with Gasteiger partial charge in [0.15, 0.2) is 5.82 Å². The zero-order chi connectivity index (χ0) is 14.2. The van der Waals surface area contributed by atoms with Gasteiger partial charge in [0.1, 0.15) is 10.8 Å². The van der Waals surface area contributed by atoms with E-state index in [1.54, 1.807) is 16.6 Å². The number of benzene rings is 2. The molecular weight excluding hydrogens is 287 g/mol. The monoisotopic (exact) mass is 296 g/mol. The van der Waals surface area contributed by atoms with Crippen molar-refractivity contribution in [1.29, 1.82) is 0 Å². The van der Waals surface area contributed by atoms with E-state index in [1.807, 2.05) is 30.3 Å². The third kappa shape index (κ3) is 2.09. The lowest BCUT2D eigenvalue weighted by Gasteiger charge is -1.97. The first-order valence-corrected chi connectivity index (χ1v) is 7.16. The summed E-state index contributed by atoms with van der Waals surface area (Å²) in [6.45, 7) is 0. The minimum atomic E-state index is -0.303. The van der Waals surface area contributed by atoms with Crippen molar-refractivity contribution in [2.45, 2.75) is 0 Å². The van der Waals surface area contributed by atoms with Crippen LogP contribution >= 0.6 is 11.3 Å². The SMILES string of the molecule is Fc1cccc(-c2nnc3sc(-c4ccccc4)nn23)c1. The highest BCUT2D eigenvalue weighted by Crippen LogP contribution is 2.27. The average molecular weight is 296 g/mol. The normalized spacial score (nSPS) is 11.1. The molecule has 4 aromatic rings. The van der Waals surface area contributed by atoms with Crippen LogP contribution < -0.4 is 0 Å². The molecule has 102 valence electrons. The van der Waals surface area contributed by atoms with Gasteiger partial charge in [-0.2, -0.15) is 9.61 Å². The third-order valence-electron chi connectivity index (χ3n) is 3.09. The fourth-order valence-corrected chi connectivity index (χ4v) is 2.97. The van der Waals surface area contributed by atoms with E-state index in [1.165, 1.54) is 23.5 Å². The Kier molecular flexibility index (Phi) is 2.75. The zero-order valence-electron chi connectivity index (χ0n) is 10.8. The summed E-state index contributed by atoms with van der Waals surface area (Å²) in [4.78, 5) is 0.688. The lowest BCUT2D eigenvalue weighted by Crippen LogP contribution is -1.91. The molecule has 6 heteroatoms. The van der Waals surface area contributed by atoms with E-state index in [2.05, 4.69) is 15.3 Å². The first-order chi connectivity index (χ1) is 10.3. The van der Waals surface area contributed by atoms with Crippen LogP contribution in [0.3, 0.4) is 0 Å². The number of rotatable bonds is 2. The first kappa shape index (κ1) is 12.2. The highest BCUT2D eigenvalue weighted by molar-refractivity contribution is 7.19. The summed E-state index contributed by atoms with van der Waals surface area (Å²) >= 11 is 1.45. The Balaban J connectivity index is 1.87. The largest absolute Gasteiger partial charge is 0.235 e. The molecule has 4 rings (SSSR count). The second kappa shape index (κ2) is 4.75. The van der Waals surface area contributed by atoms with Crippen molar-refractivity contribution in [3.8, 4) is 22.0 Å². The third-order valence-corrected chi connectivity index (χ3v) is 4.04. The quantitative estimate of drug-likeness (QED) is 0.567. The molecule has 0 aliphatic carbocycles. The summed E-state index contributed by atoms with van der Waals surface area (Å²) in [6, 6.07) is 16.1. The van der Waals surface area contributed by atoms with Crippen LogP contribution in [0.25, 0.3) is 26.9 Å². The number of halogens is 1. The highest BCUT2D eigenvalue weighted by atomic mass is 32.1. The van der Waals surface area contributed by atoms with Crippen molar-refractivity contribution >= 4 is 16.3 Å². The van der Waals surface area contributed by atoms with E-state index >= 15 is 0 Å². The summed E-state index contributed by atoms with van der Waals surface area (Å²) in [5, 5.41) is 13.6. The molecule has 0 saturated carbocycles. The molecule has 2 aromatic carbocycles. The van der Waals surface area contributed by atoms with Crippen LogP contribution in [0.2, 0.25) is 0 Å². The Bertz CT molecular complexity index is 914. The molecule has 0 aliphatic heterocycles. The minimum Gasteiger partial charge on any atom is -0.207 e. The Morgan fingerprint density at radius 3 is 2.52 bits per heavy atom. The molecular formula is C15H9FN4S. The molecule has 0 radical (unpaired) electrons. The maximum absolute atomic E-state index is 13.4. The van der Waals surface area contributed by atoms with E-state index in [0.717, 1.165) is 10.6 Å². The zero-order valence-corrected chi connectivity index (χ0v) is 11.6. The topological polar surface area (TPSA) is 43.1 Å². The van der Waals surface area contributed by atoms with Crippen LogP contribution in [-0.4, -0.2) is 19.8 Å². The molecule has 0 fully saturated rings. The molecule has 4 nitrogen and oxygen atoms in total. The lowest BCUT2D eigenvalue weighted by atomic mass is 10.2. The van der Waals surface area contributed by atoms with Gasteiger partial charge in [0.05, 0.1) is 0 Å². The minimum absolute atomic E-state index is 0.303.